The zero-order valence-electron chi connectivity index (χ0n) is 17.9. The van der Waals surface area contributed by atoms with Crippen molar-refractivity contribution < 1.29 is 18.3 Å². The molecule has 33 heavy (non-hydrogen) atoms. The molecule has 1 amide bonds. The summed E-state index contributed by atoms with van der Waals surface area (Å²) in [6.45, 7) is 1.73. The van der Waals surface area contributed by atoms with Gasteiger partial charge in [-0.15, -0.1) is 0 Å². The number of carbonyl (C=O) groups excluding carboxylic acids is 1. The summed E-state index contributed by atoms with van der Waals surface area (Å²) in [6.07, 6.45) is 5.61. The van der Waals surface area contributed by atoms with Gasteiger partial charge in [0.15, 0.2) is 0 Å². The van der Waals surface area contributed by atoms with Crippen molar-refractivity contribution >= 4 is 11.7 Å². The first-order valence-electron chi connectivity index (χ1n) is 10.5. The number of pyridine rings is 3. The van der Waals surface area contributed by atoms with Gasteiger partial charge in [0.25, 0.3) is 5.92 Å². The van der Waals surface area contributed by atoms with Gasteiger partial charge < -0.3 is 15.0 Å². The minimum absolute atomic E-state index is 0.0149. The van der Waals surface area contributed by atoms with Gasteiger partial charge in [-0.2, -0.15) is 0 Å². The molecule has 0 spiro atoms. The molecule has 2 N–H and O–H groups in total. The normalized spacial score (nSPS) is 18.9. The minimum Gasteiger partial charge on any atom is -0.454 e. The summed E-state index contributed by atoms with van der Waals surface area (Å²) in [5.41, 5.74) is -0.0189. The monoisotopic (exact) mass is 455 g/mol. The molecule has 0 bridgehead atoms. The van der Waals surface area contributed by atoms with Crippen LogP contribution >= 0.6 is 0 Å². The van der Waals surface area contributed by atoms with E-state index in [1.165, 1.54) is 24.5 Å². The Labute approximate surface area is 188 Å². The molecule has 2 unspecified atom stereocenters. The number of aromatic nitrogens is 3. The van der Waals surface area contributed by atoms with Gasteiger partial charge in [0.1, 0.15) is 17.3 Å². The predicted molar refractivity (Wildman–Crippen MR) is 118 cm³/mol. The molecule has 3 aromatic rings. The number of nitrogens with one attached hydrogen (secondary N) is 2. The highest BCUT2D eigenvalue weighted by molar-refractivity contribution is 5.93. The van der Waals surface area contributed by atoms with E-state index in [9.17, 15) is 18.4 Å². The van der Waals surface area contributed by atoms with Gasteiger partial charge in [-0.1, -0.05) is 6.07 Å². The number of hydrogen-bond acceptors (Lipinski definition) is 6. The van der Waals surface area contributed by atoms with Crippen LogP contribution in [-0.2, 0) is 4.79 Å². The Morgan fingerprint density at radius 1 is 1.24 bits per heavy atom. The lowest BCUT2D eigenvalue weighted by Gasteiger charge is -2.40. The molecule has 172 valence electrons. The van der Waals surface area contributed by atoms with Crippen LogP contribution in [0.25, 0.3) is 0 Å². The molecule has 0 radical (unpaired) electrons. The topological polar surface area (TPSA) is 100 Å². The predicted octanol–water partition coefficient (Wildman–Crippen LogP) is 3.41. The van der Waals surface area contributed by atoms with Gasteiger partial charge in [0.2, 0.25) is 11.5 Å². The highest BCUT2D eigenvalue weighted by Crippen LogP contribution is 2.40. The Kier molecular flexibility index (Phi) is 6.45. The average Bonchev–Trinajstić information content (AvgIpc) is 2.81. The largest absolute Gasteiger partial charge is 0.454 e. The van der Waals surface area contributed by atoms with E-state index in [0.29, 0.717) is 22.9 Å². The summed E-state index contributed by atoms with van der Waals surface area (Å²) in [5, 5.41) is 2.72. The number of H-pyrrole nitrogens is 1. The van der Waals surface area contributed by atoms with Crippen molar-refractivity contribution in [3.05, 3.63) is 77.1 Å². The van der Waals surface area contributed by atoms with Crippen LogP contribution in [0.2, 0.25) is 0 Å². The number of nitrogens with zero attached hydrogens (tertiary/aromatic N) is 3. The number of piperidine rings is 1. The summed E-state index contributed by atoms with van der Waals surface area (Å²) in [4.78, 5) is 36.4. The molecule has 1 saturated heterocycles. The standard InChI is InChI=1S/C23H23F2N5O3/c1-15(30-10-8-23(24,25)19(14-30)16-4-7-21(31)28-11-16)22(32)29-20-6-5-18(13-27-20)33-17-3-2-9-26-12-17/h2-7,9,11-13,15,19H,8,10,14H2,1H3,(H,28,31)(H,27,29,32). The zero-order chi connectivity index (χ0) is 23.4. The molecule has 1 fully saturated rings. The van der Waals surface area contributed by atoms with Crippen LogP contribution in [0, 0.1) is 0 Å². The molecule has 4 heterocycles. The second-order valence-corrected chi connectivity index (χ2v) is 7.88. The summed E-state index contributed by atoms with van der Waals surface area (Å²) >= 11 is 0. The number of amides is 1. The summed E-state index contributed by atoms with van der Waals surface area (Å²) < 4.78 is 34.8. The van der Waals surface area contributed by atoms with Crippen LogP contribution in [0.1, 0.15) is 24.8 Å². The van der Waals surface area contributed by atoms with Gasteiger partial charge in [0.05, 0.1) is 24.4 Å². The molecule has 1 aliphatic heterocycles. The van der Waals surface area contributed by atoms with E-state index in [1.54, 1.807) is 48.5 Å². The van der Waals surface area contributed by atoms with Crippen LogP contribution in [-0.4, -0.2) is 50.8 Å². The Bertz CT molecular complexity index is 1130. The fourth-order valence-corrected chi connectivity index (χ4v) is 3.72. The van der Waals surface area contributed by atoms with Crippen LogP contribution in [0.15, 0.2) is 66.0 Å². The maximum absolute atomic E-state index is 14.6. The lowest BCUT2D eigenvalue weighted by atomic mass is 9.87. The molecule has 1 aliphatic rings. The number of halogens is 2. The first-order chi connectivity index (χ1) is 15.8. The number of alkyl halides is 2. The molecule has 4 rings (SSSR count). The molecular weight excluding hydrogens is 432 g/mol. The molecule has 0 aromatic carbocycles. The highest BCUT2D eigenvalue weighted by Gasteiger charge is 2.46. The van der Waals surface area contributed by atoms with E-state index in [4.69, 9.17) is 4.74 Å². The number of anilines is 1. The first-order valence-corrected chi connectivity index (χ1v) is 10.5. The van der Waals surface area contributed by atoms with Crippen molar-refractivity contribution in [2.24, 2.45) is 0 Å². The summed E-state index contributed by atoms with van der Waals surface area (Å²) in [6, 6.07) is 8.75. The number of carbonyl (C=O) groups is 1. The second kappa shape index (κ2) is 9.45. The van der Waals surface area contributed by atoms with E-state index in [1.807, 2.05) is 0 Å². The van der Waals surface area contributed by atoms with E-state index < -0.39 is 17.9 Å². The van der Waals surface area contributed by atoms with Crippen LogP contribution < -0.4 is 15.6 Å². The maximum atomic E-state index is 14.6. The van der Waals surface area contributed by atoms with E-state index in [0.717, 1.165) is 0 Å². The van der Waals surface area contributed by atoms with E-state index >= 15 is 0 Å². The van der Waals surface area contributed by atoms with Gasteiger partial charge >= 0.3 is 0 Å². The number of ether oxygens (including phenoxy) is 1. The molecular formula is C23H23F2N5O3. The Morgan fingerprint density at radius 3 is 2.73 bits per heavy atom. The third-order valence-corrected chi connectivity index (χ3v) is 5.65. The van der Waals surface area contributed by atoms with Crippen LogP contribution in [0.5, 0.6) is 11.5 Å². The van der Waals surface area contributed by atoms with E-state index in [2.05, 4.69) is 20.3 Å². The molecule has 0 saturated carbocycles. The molecule has 0 aliphatic carbocycles. The maximum Gasteiger partial charge on any atom is 0.257 e. The quantitative estimate of drug-likeness (QED) is 0.591. The van der Waals surface area contributed by atoms with Crippen LogP contribution in [0.4, 0.5) is 14.6 Å². The highest BCUT2D eigenvalue weighted by atomic mass is 19.3. The fraction of sp³-hybridized carbons (Fsp3) is 0.304. The molecule has 3 aromatic heterocycles. The number of hydrogen-bond donors (Lipinski definition) is 2. The Morgan fingerprint density at radius 2 is 2.06 bits per heavy atom. The lowest BCUT2D eigenvalue weighted by Crippen LogP contribution is -2.52. The molecule has 10 heteroatoms. The SMILES string of the molecule is CC(C(=O)Nc1ccc(Oc2cccnc2)cn1)N1CCC(F)(F)C(c2ccc(=O)[nH]c2)C1. The first kappa shape index (κ1) is 22.5. The van der Waals surface area contributed by atoms with Crippen molar-refractivity contribution in [1.82, 2.24) is 19.9 Å². The number of rotatable bonds is 6. The average molecular weight is 455 g/mol. The zero-order valence-corrected chi connectivity index (χ0v) is 17.9. The summed E-state index contributed by atoms with van der Waals surface area (Å²) in [7, 11) is 0. The third kappa shape index (κ3) is 5.40. The lowest BCUT2D eigenvalue weighted by molar-refractivity contribution is -0.125. The minimum atomic E-state index is -2.93. The van der Waals surface area contributed by atoms with E-state index in [-0.39, 0.29) is 31.0 Å². The molecule has 8 nitrogen and oxygen atoms in total. The smallest absolute Gasteiger partial charge is 0.257 e. The summed E-state index contributed by atoms with van der Waals surface area (Å²) in [5.74, 6) is -3.05. The van der Waals surface area contributed by atoms with Gasteiger partial charge in [-0.05, 0) is 36.8 Å². The van der Waals surface area contributed by atoms with Gasteiger partial charge in [-0.3, -0.25) is 19.5 Å². The molecule has 2 atom stereocenters. The van der Waals surface area contributed by atoms with Crippen molar-refractivity contribution in [1.29, 1.82) is 0 Å². The van der Waals surface area contributed by atoms with Crippen molar-refractivity contribution in [3.63, 3.8) is 0 Å². The van der Waals surface area contributed by atoms with Gasteiger partial charge in [0, 0.05) is 38.0 Å². The third-order valence-electron chi connectivity index (χ3n) is 5.65. The van der Waals surface area contributed by atoms with Crippen molar-refractivity contribution in [3.8, 4) is 11.5 Å². The number of aromatic amines is 1. The Hall–Kier alpha value is -3.66. The second-order valence-electron chi connectivity index (χ2n) is 7.88. The van der Waals surface area contributed by atoms with Crippen LogP contribution in [0.3, 0.4) is 0 Å². The Balaban J connectivity index is 1.39. The number of likely N-dealkylation sites (tertiary alicyclic amines) is 1. The van der Waals surface area contributed by atoms with Crippen molar-refractivity contribution in [2.75, 3.05) is 18.4 Å². The van der Waals surface area contributed by atoms with Gasteiger partial charge in [-0.25, -0.2) is 13.8 Å². The van der Waals surface area contributed by atoms with Crippen molar-refractivity contribution in [2.45, 2.75) is 31.2 Å². The fourth-order valence-electron chi connectivity index (χ4n) is 3.72.